The largest absolute Gasteiger partial charge is 0.479 e. The molecule has 0 bridgehead atoms. The zero-order chi connectivity index (χ0) is 20.4. The van der Waals surface area contributed by atoms with Crippen molar-refractivity contribution in [2.24, 2.45) is 12.5 Å². The van der Waals surface area contributed by atoms with Gasteiger partial charge in [0.15, 0.2) is 0 Å². The molecule has 0 saturated carbocycles. The molecule has 0 spiro atoms. The van der Waals surface area contributed by atoms with Gasteiger partial charge >= 0.3 is 5.97 Å². The van der Waals surface area contributed by atoms with E-state index in [4.69, 9.17) is 23.2 Å². The SMILES string of the molecule is Cn1nc(-c2ccc(Cl)c(Cl)c2)cc1C(=O)NC(/C=C/C(C)(C)C)C(=O)O. The van der Waals surface area contributed by atoms with Gasteiger partial charge in [0, 0.05) is 12.6 Å². The molecular weight excluding hydrogens is 389 g/mol. The maximum Gasteiger partial charge on any atom is 0.330 e. The lowest BCUT2D eigenvalue weighted by Crippen LogP contribution is -2.40. The number of carboxylic acid groups (broad SMARTS) is 1. The van der Waals surface area contributed by atoms with Crippen LogP contribution in [0.1, 0.15) is 31.3 Å². The summed E-state index contributed by atoms with van der Waals surface area (Å²) in [5.41, 5.74) is 1.25. The number of allylic oxidation sites excluding steroid dienone is 1. The number of benzene rings is 1. The molecule has 0 fully saturated rings. The van der Waals surface area contributed by atoms with Gasteiger partial charge in [0.25, 0.3) is 5.91 Å². The number of nitrogens with zero attached hydrogens (tertiary/aromatic N) is 2. The first-order valence-corrected chi connectivity index (χ1v) is 8.96. The van der Waals surface area contributed by atoms with Gasteiger partial charge in [-0.05, 0) is 23.6 Å². The number of halogens is 2. The van der Waals surface area contributed by atoms with E-state index in [0.29, 0.717) is 21.3 Å². The van der Waals surface area contributed by atoms with Gasteiger partial charge in [0.05, 0.1) is 15.7 Å². The van der Waals surface area contributed by atoms with E-state index in [9.17, 15) is 14.7 Å². The molecule has 0 aliphatic carbocycles. The van der Waals surface area contributed by atoms with Crippen molar-refractivity contribution in [2.45, 2.75) is 26.8 Å². The van der Waals surface area contributed by atoms with Gasteiger partial charge < -0.3 is 10.4 Å². The van der Waals surface area contributed by atoms with Crippen LogP contribution in [-0.2, 0) is 11.8 Å². The van der Waals surface area contributed by atoms with Gasteiger partial charge in [-0.2, -0.15) is 5.10 Å². The van der Waals surface area contributed by atoms with Gasteiger partial charge in [0.1, 0.15) is 11.7 Å². The third kappa shape index (κ3) is 5.58. The topological polar surface area (TPSA) is 84.2 Å². The van der Waals surface area contributed by atoms with Crippen LogP contribution in [0.25, 0.3) is 11.3 Å². The molecular formula is C19H21Cl2N3O3. The lowest BCUT2D eigenvalue weighted by atomic mass is 9.95. The molecule has 1 amide bonds. The molecule has 1 aromatic carbocycles. The van der Waals surface area contributed by atoms with Crippen LogP contribution in [0.2, 0.25) is 10.0 Å². The number of carboxylic acids is 1. The third-order valence-corrected chi connectivity index (χ3v) is 4.41. The maximum absolute atomic E-state index is 12.6. The van der Waals surface area contributed by atoms with Crippen LogP contribution in [0.3, 0.4) is 0 Å². The fourth-order valence-corrected chi connectivity index (χ4v) is 2.57. The summed E-state index contributed by atoms with van der Waals surface area (Å²) in [6.45, 7) is 5.82. The molecule has 2 aromatic rings. The predicted octanol–water partition coefficient (Wildman–Crippen LogP) is 4.18. The van der Waals surface area contributed by atoms with Crippen LogP contribution >= 0.6 is 23.2 Å². The Morgan fingerprint density at radius 3 is 2.44 bits per heavy atom. The van der Waals surface area contributed by atoms with Gasteiger partial charge in [-0.3, -0.25) is 9.48 Å². The van der Waals surface area contributed by atoms with Crippen LogP contribution in [0.5, 0.6) is 0 Å². The molecule has 1 aromatic heterocycles. The number of carbonyl (C=O) groups is 2. The van der Waals surface area contributed by atoms with E-state index in [1.165, 1.54) is 10.8 Å². The van der Waals surface area contributed by atoms with E-state index < -0.39 is 17.9 Å². The molecule has 27 heavy (non-hydrogen) atoms. The number of nitrogens with one attached hydrogen (secondary N) is 1. The molecule has 1 atom stereocenters. The monoisotopic (exact) mass is 409 g/mol. The lowest BCUT2D eigenvalue weighted by molar-refractivity contribution is -0.137. The first-order valence-electron chi connectivity index (χ1n) is 8.20. The molecule has 2 rings (SSSR count). The van der Waals surface area contributed by atoms with Gasteiger partial charge in [0.2, 0.25) is 0 Å². The van der Waals surface area contributed by atoms with Crippen molar-refractivity contribution in [1.29, 1.82) is 0 Å². The Morgan fingerprint density at radius 2 is 1.89 bits per heavy atom. The fourth-order valence-electron chi connectivity index (χ4n) is 2.27. The molecule has 0 saturated heterocycles. The minimum absolute atomic E-state index is 0.202. The number of hydrogen-bond donors (Lipinski definition) is 2. The summed E-state index contributed by atoms with van der Waals surface area (Å²) in [5, 5.41) is 17.0. The fraction of sp³-hybridized carbons (Fsp3) is 0.316. The second-order valence-electron chi connectivity index (χ2n) is 7.18. The maximum atomic E-state index is 12.6. The Bertz CT molecular complexity index is 898. The average molecular weight is 410 g/mol. The molecule has 0 radical (unpaired) electrons. The smallest absolute Gasteiger partial charge is 0.330 e. The molecule has 1 unspecified atom stereocenters. The van der Waals surface area contributed by atoms with Crippen molar-refractivity contribution in [2.75, 3.05) is 0 Å². The summed E-state index contributed by atoms with van der Waals surface area (Å²) in [6, 6.07) is 5.47. The second-order valence-corrected chi connectivity index (χ2v) is 8.00. The summed E-state index contributed by atoms with van der Waals surface area (Å²) >= 11 is 11.9. The Balaban J connectivity index is 2.25. The van der Waals surface area contributed by atoms with Crippen molar-refractivity contribution >= 4 is 35.1 Å². The Kier molecular flexibility index (Phi) is 6.34. The van der Waals surface area contributed by atoms with Crippen molar-refractivity contribution in [3.63, 3.8) is 0 Å². The van der Waals surface area contributed by atoms with Gasteiger partial charge in [-0.15, -0.1) is 0 Å². The number of carbonyl (C=O) groups excluding carboxylic acids is 1. The lowest BCUT2D eigenvalue weighted by Gasteiger charge is -2.15. The van der Waals surface area contributed by atoms with Crippen LogP contribution < -0.4 is 5.32 Å². The van der Waals surface area contributed by atoms with Crippen molar-refractivity contribution in [3.8, 4) is 11.3 Å². The molecule has 0 aliphatic rings. The normalized spacial score (nSPS) is 13.0. The summed E-state index contributed by atoms with van der Waals surface area (Å²) in [6.07, 6.45) is 3.22. The van der Waals surface area contributed by atoms with Gasteiger partial charge in [-0.1, -0.05) is 62.2 Å². The van der Waals surface area contributed by atoms with E-state index in [-0.39, 0.29) is 11.1 Å². The zero-order valence-corrected chi connectivity index (χ0v) is 17.0. The summed E-state index contributed by atoms with van der Waals surface area (Å²) in [4.78, 5) is 24.0. The Labute approximate surface area is 167 Å². The number of aliphatic carboxylic acids is 1. The summed E-state index contributed by atoms with van der Waals surface area (Å²) in [5.74, 6) is -1.68. The van der Waals surface area contributed by atoms with E-state index in [1.54, 1.807) is 37.4 Å². The molecule has 8 heteroatoms. The number of rotatable bonds is 5. The van der Waals surface area contributed by atoms with E-state index in [2.05, 4.69) is 10.4 Å². The highest BCUT2D eigenvalue weighted by Crippen LogP contribution is 2.28. The summed E-state index contributed by atoms with van der Waals surface area (Å²) < 4.78 is 1.39. The van der Waals surface area contributed by atoms with Crippen LogP contribution in [0.15, 0.2) is 36.4 Å². The van der Waals surface area contributed by atoms with Crippen molar-refractivity contribution in [3.05, 3.63) is 52.2 Å². The van der Waals surface area contributed by atoms with Crippen molar-refractivity contribution in [1.82, 2.24) is 15.1 Å². The molecule has 144 valence electrons. The zero-order valence-electron chi connectivity index (χ0n) is 15.5. The first-order chi connectivity index (χ1) is 12.5. The first kappa shape index (κ1) is 21.0. The average Bonchev–Trinajstić information content (AvgIpc) is 2.94. The summed E-state index contributed by atoms with van der Waals surface area (Å²) in [7, 11) is 1.61. The number of aromatic nitrogens is 2. The van der Waals surface area contributed by atoms with Crippen LogP contribution in [0, 0.1) is 5.41 Å². The van der Waals surface area contributed by atoms with E-state index in [0.717, 1.165) is 0 Å². The molecule has 1 heterocycles. The minimum Gasteiger partial charge on any atom is -0.479 e. The highest BCUT2D eigenvalue weighted by Gasteiger charge is 2.22. The van der Waals surface area contributed by atoms with Crippen LogP contribution in [0.4, 0.5) is 0 Å². The van der Waals surface area contributed by atoms with Crippen LogP contribution in [-0.4, -0.2) is 32.8 Å². The minimum atomic E-state index is -1.14. The second kappa shape index (κ2) is 8.15. The van der Waals surface area contributed by atoms with Gasteiger partial charge in [-0.25, -0.2) is 4.79 Å². The number of amides is 1. The molecule has 2 N–H and O–H groups in total. The standard InChI is InChI=1S/C19H21Cl2N3O3/c1-19(2,3)8-7-14(18(26)27)22-17(25)16-10-15(23-24(16)4)11-5-6-12(20)13(21)9-11/h5-10,14H,1-4H3,(H,22,25)(H,26,27)/b8-7+. The highest BCUT2D eigenvalue weighted by molar-refractivity contribution is 6.42. The third-order valence-electron chi connectivity index (χ3n) is 3.67. The quantitative estimate of drug-likeness (QED) is 0.725. The number of aryl methyl sites for hydroxylation is 1. The Morgan fingerprint density at radius 1 is 1.22 bits per heavy atom. The molecule has 0 aliphatic heterocycles. The predicted molar refractivity (Wildman–Crippen MR) is 106 cm³/mol. The Hall–Kier alpha value is -2.31. The number of hydrogen-bond acceptors (Lipinski definition) is 3. The highest BCUT2D eigenvalue weighted by atomic mass is 35.5. The molecule has 6 nitrogen and oxygen atoms in total. The van der Waals surface area contributed by atoms with E-state index in [1.807, 2.05) is 20.8 Å². The van der Waals surface area contributed by atoms with E-state index >= 15 is 0 Å². The van der Waals surface area contributed by atoms with Crippen molar-refractivity contribution < 1.29 is 14.7 Å².